The second kappa shape index (κ2) is 5.49. The molecule has 0 bridgehead atoms. The summed E-state index contributed by atoms with van der Waals surface area (Å²) in [6.07, 6.45) is 1.72. The predicted octanol–water partition coefficient (Wildman–Crippen LogP) is 2.90. The molecule has 6 nitrogen and oxygen atoms in total. The topological polar surface area (TPSA) is 68.2 Å². The molecule has 0 saturated carbocycles. The summed E-state index contributed by atoms with van der Waals surface area (Å²) in [5.41, 5.74) is 1.58. The molecule has 126 valence electrons. The van der Waals surface area contributed by atoms with Gasteiger partial charge in [0.15, 0.2) is 11.5 Å². The number of hydrogen-bond acceptors (Lipinski definition) is 6. The third kappa shape index (κ3) is 2.65. The van der Waals surface area contributed by atoms with E-state index < -0.39 is 10.0 Å². The van der Waals surface area contributed by atoms with Gasteiger partial charge in [0.25, 0.3) is 0 Å². The van der Waals surface area contributed by atoms with Crippen LogP contribution in [0.25, 0.3) is 0 Å². The Morgan fingerprint density at radius 3 is 2.71 bits per heavy atom. The first-order valence-electron chi connectivity index (χ1n) is 7.45. The summed E-state index contributed by atoms with van der Waals surface area (Å²) in [6.45, 7) is 2.21. The maximum absolute atomic E-state index is 12.2. The Morgan fingerprint density at radius 2 is 2.00 bits per heavy atom. The first-order chi connectivity index (χ1) is 11.4. The second-order valence-corrected chi connectivity index (χ2v) is 8.98. The number of hydrazone groups is 1. The van der Waals surface area contributed by atoms with Crippen LogP contribution in [0.3, 0.4) is 0 Å². The van der Waals surface area contributed by atoms with Crippen LogP contribution in [0.4, 0.5) is 0 Å². The zero-order valence-corrected chi connectivity index (χ0v) is 14.9. The molecule has 2 aliphatic rings. The third-order valence-electron chi connectivity index (χ3n) is 4.01. The molecule has 0 saturated heterocycles. The maximum Gasteiger partial charge on any atom is 0.247 e. The van der Waals surface area contributed by atoms with Gasteiger partial charge >= 0.3 is 0 Å². The van der Waals surface area contributed by atoms with Crippen LogP contribution < -0.4 is 9.47 Å². The normalized spacial score (nSPS) is 19.7. The summed E-state index contributed by atoms with van der Waals surface area (Å²) >= 11 is 1.60. The SMILES string of the molecule is Cc1ccc([C@H]2CC(c3ccc4c(c3)OCO4)=NN2S(C)(=O)=O)s1. The molecular weight excluding hydrogens is 348 g/mol. The molecule has 0 radical (unpaired) electrons. The monoisotopic (exact) mass is 364 g/mol. The average Bonchev–Trinajstić information content (AvgIpc) is 3.23. The van der Waals surface area contributed by atoms with Crippen LogP contribution in [0.1, 0.15) is 27.8 Å². The molecule has 0 aliphatic carbocycles. The van der Waals surface area contributed by atoms with Crippen molar-refractivity contribution < 1.29 is 17.9 Å². The van der Waals surface area contributed by atoms with E-state index in [1.807, 2.05) is 37.3 Å². The minimum atomic E-state index is -3.45. The first-order valence-corrected chi connectivity index (χ1v) is 10.1. The first kappa shape index (κ1) is 15.5. The van der Waals surface area contributed by atoms with Gasteiger partial charge in [-0.3, -0.25) is 0 Å². The summed E-state index contributed by atoms with van der Waals surface area (Å²) < 4.78 is 36.3. The minimum absolute atomic E-state index is 0.206. The van der Waals surface area contributed by atoms with Crippen molar-refractivity contribution in [2.24, 2.45) is 5.10 Å². The number of thiophene rings is 1. The summed E-state index contributed by atoms with van der Waals surface area (Å²) in [6, 6.07) is 9.24. The number of benzene rings is 1. The average molecular weight is 364 g/mol. The van der Waals surface area contributed by atoms with Crippen molar-refractivity contribution in [1.29, 1.82) is 0 Å². The maximum atomic E-state index is 12.2. The lowest BCUT2D eigenvalue weighted by Crippen LogP contribution is -2.25. The number of sulfonamides is 1. The van der Waals surface area contributed by atoms with Crippen molar-refractivity contribution in [3.8, 4) is 11.5 Å². The number of nitrogens with zero attached hydrogens (tertiary/aromatic N) is 2. The van der Waals surface area contributed by atoms with Crippen LogP contribution in [0.5, 0.6) is 11.5 Å². The molecule has 24 heavy (non-hydrogen) atoms. The lowest BCUT2D eigenvalue weighted by atomic mass is 10.0. The van der Waals surface area contributed by atoms with E-state index in [4.69, 9.17) is 9.47 Å². The van der Waals surface area contributed by atoms with Crippen LogP contribution in [-0.2, 0) is 10.0 Å². The van der Waals surface area contributed by atoms with E-state index >= 15 is 0 Å². The molecule has 0 amide bonds. The molecule has 4 rings (SSSR count). The van der Waals surface area contributed by atoms with Crippen molar-refractivity contribution in [2.45, 2.75) is 19.4 Å². The smallest absolute Gasteiger partial charge is 0.247 e. The lowest BCUT2D eigenvalue weighted by Gasteiger charge is -2.19. The van der Waals surface area contributed by atoms with Crippen molar-refractivity contribution in [3.63, 3.8) is 0 Å². The van der Waals surface area contributed by atoms with Crippen molar-refractivity contribution in [1.82, 2.24) is 4.41 Å². The van der Waals surface area contributed by atoms with E-state index in [2.05, 4.69) is 5.10 Å². The number of aryl methyl sites for hydroxylation is 1. The van der Waals surface area contributed by atoms with Crippen molar-refractivity contribution in [2.75, 3.05) is 13.0 Å². The molecule has 0 N–H and O–H groups in total. The molecule has 0 fully saturated rings. The van der Waals surface area contributed by atoms with Gasteiger partial charge < -0.3 is 9.47 Å². The highest BCUT2D eigenvalue weighted by molar-refractivity contribution is 7.88. The zero-order valence-electron chi connectivity index (χ0n) is 13.2. The molecule has 2 aromatic rings. The predicted molar refractivity (Wildman–Crippen MR) is 92.2 cm³/mol. The Bertz CT molecular complexity index is 933. The molecule has 0 spiro atoms. The van der Waals surface area contributed by atoms with Crippen LogP contribution in [-0.4, -0.2) is 31.6 Å². The van der Waals surface area contributed by atoms with E-state index in [0.29, 0.717) is 17.9 Å². The molecule has 0 unspecified atom stereocenters. The fourth-order valence-corrected chi connectivity index (χ4v) is 4.82. The summed E-state index contributed by atoms with van der Waals surface area (Å²) in [7, 11) is -3.45. The quantitative estimate of drug-likeness (QED) is 0.840. The lowest BCUT2D eigenvalue weighted by molar-refractivity contribution is 0.174. The highest BCUT2D eigenvalue weighted by Crippen LogP contribution is 2.39. The van der Waals surface area contributed by atoms with Gasteiger partial charge in [-0.2, -0.15) is 9.52 Å². The highest BCUT2D eigenvalue weighted by Gasteiger charge is 2.35. The number of rotatable bonds is 3. The fraction of sp³-hybridized carbons (Fsp3) is 0.312. The van der Waals surface area contributed by atoms with E-state index in [1.54, 1.807) is 11.3 Å². The van der Waals surface area contributed by atoms with E-state index in [9.17, 15) is 8.42 Å². The number of hydrogen-bond donors (Lipinski definition) is 0. The van der Waals surface area contributed by atoms with E-state index in [1.165, 1.54) is 10.7 Å². The number of ether oxygens (including phenoxy) is 2. The minimum Gasteiger partial charge on any atom is -0.454 e. The van der Waals surface area contributed by atoms with Gasteiger partial charge in [0.1, 0.15) is 6.04 Å². The third-order valence-corrected chi connectivity index (χ3v) is 6.13. The van der Waals surface area contributed by atoms with Gasteiger partial charge in [-0.25, -0.2) is 8.42 Å². The molecule has 2 aliphatic heterocycles. The van der Waals surface area contributed by atoms with Gasteiger partial charge in [-0.1, -0.05) is 0 Å². The molecule has 1 aromatic carbocycles. The van der Waals surface area contributed by atoms with Crippen molar-refractivity contribution >= 4 is 27.1 Å². The van der Waals surface area contributed by atoms with Crippen molar-refractivity contribution in [3.05, 3.63) is 45.6 Å². The Kier molecular flexibility index (Phi) is 3.54. The van der Waals surface area contributed by atoms with E-state index in [0.717, 1.165) is 21.0 Å². The molecule has 1 aromatic heterocycles. The highest BCUT2D eigenvalue weighted by atomic mass is 32.2. The summed E-state index contributed by atoms with van der Waals surface area (Å²) in [5, 5.41) is 4.39. The summed E-state index contributed by atoms with van der Waals surface area (Å²) in [5.74, 6) is 1.36. The molecule has 8 heteroatoms. The van der Waals surface area contributed by atoms with Gasteiger partial charge in [0, 0.05) is 21.7 Å². The largest absolute Gasteiger partial charge is 0.454 e. The standard InChI is InChI=1S/C16H16N2O4S2/c1-10-3-6-16(23-10)13-8-12(17-18(13)24(2,19)20)11-4-5-14-15(7-11)22-9-21-14/h3-7,13H,8-9H2,1-2H3/t13-/m1/s1. The van der Waals surface area contributed by atoms with Crippen LogP contribution >= 0.6 is 11.3 Å². The fourth-order valence-electron chi connectivity index (χ4n) is 2.89. The molecule has 1 atom stereocenters. The van der Waals surface area contributed by atoms with Crippen LogP contribution in [0.2, 0.25) is 0 Å². The van der Waals surface area contributed by atoms with Gasteiger partial charge in [0.05, 0.1) is 12.0 Å². The molecular formula is C16H16N2O4S2. The van der Waals surface area contributed by atoms with Crippen LogP contribution in [0.15, 0.2) is 35.4 Å². The Hall–Kier alpha value is -2.06. The van der Waals surface area contributed by atoms with Gasteiger partial charge in [-0.05, 0) is 37.3 Å². The number of fused-ring (bicyclic) bond motifs is 1. The van der Waals surface area contributed by atoms with Gasteiger partial charge in [0.2, 0.25) is 16.8 Å². The Morgan fingerprint density at radius 1 is 1.21 bits per heavy atom. The van der Waals surface area contributed by atoms with E-state index in [-0.39, 0.29) is 12.8 Å². The summed E-state index contributed by atoms with van der Waals surface area (Å²) in [4.78, 5) is 2.15. The zero-order chi connectivity index (χ0) is 16.9. The second-order valence-electron chi connectivity index (χ2n) is 5.82. The Labute approximate surface area is 144 Å². The van der Waals surface area contributed by atoms with Gasteiger partial charge in [-0.15, -0.1) is 11.3 Å². The molecule has 3 heterocycles. The van der Waals surface area contributed by atoms with Crippen LogP contribution in [0, 0.1) is 6.92 Å². The Balaban J connectivity index is 1.72.